The lowest BCUT2D eigenvalue weighted by Gasteiger charge is -2.23. The Balaban J connectivity index is 2.47. The zero-order chi connectivity index (χ0) is 15.7. The summed E-state index contributed by atoms with van der Waals surface area (Å²) in [7, 11) is 0. The fourth-order valence-corrected chi connectivity index (χ4v) is 2.03. The lowest BCUT2D eigenvalue weighted by Crippen LogP contribution is -2.44. The van der Waals surface area contributed by atoms with Crippen LogP contribution in [0.3, 0.4) is 0 Å². The van der Waals surface area contributed by atoms with E-state index in [0.29, 0.717) is 13.2 Å². The summed E-state index contributed by atoms with van der Waals surface area (Å²) in [5, 5.41) is 3.26. The Morgan fingerprint density at radius 3 is 2.48 bits per heavy atom. The SMILES string of the molecule is C=CCOc1ccc(CNC(C)C(=O)N(CC)CC)cc1. The molecule has 0 radical (unpaired) electrons. The van der Waals surface area contributed by atoms with Crippen molar-refractivity contribution in [3.05, 3.63) is 42.5 Å². The van der Waals surface area contributed by atoms with Gasteiger partial charge in [-0.1, -0.05) is 24.8 Å². The molecule has 0 aromatic heterocycles. The molecular formula is C17H26N2O2. The van der Waals surface area contributed by atoms with Gasteiger partial charge in [-0.05, 0) is 38.5 Å². The van der Waals surface area contributed by atoms with E-state index in [0.717, 1.165) is 24.4 Å². The fourth-order valence-electron chi connectivity index (χ4n) is 2.03. The monoisotopic (exact) mass is 290 g/mol. The molecule has 0 aliphatic heterocycles. The maximum atomic E-state index is 12.1. The van der Waals surface area contributed by atoms with Gasteiger partial charge in [0.15, 0.2) is 0 Å². The summed E-state index contributed by atoms with van der Waals surface area (Å²) in [6.07, 6.45) is 1.72. The van der Waals surface area contributed by atoms with Crippen molar-refractivity contribution in [3.63, 3.8) is 0 Å². The highest BCUT2D eigenvalue weighted by Gasteiger charge is 2.17. The zero-order valence-electron chi connectivity index (χ0n) is 13.3. The number of nitrogens with zero attached hydrogens (tertiary/aromatic N) is 1. The average molecular weight is 290 g/mol. The molecule has 0 aliphatic rings. The fraction of sp³-hybridized carbons (Fsp3) is 0.471. The van der Waals surface area contributed by atoms with Crippen LogP contribution < -0.4 is 10.1 Å². The third-order valence-corrected chi connectivity index (χ3v) is 3.35. The van der Waals surface area contributed by atoms with Crippen molar-refractivity contribution in [1.82, 2.24) is 10.2 Å². The van der Waals surface area contributed by atoms with E-state index < -0.39 is 0 Å². The molecule has 0 aliphatic carbocycles. The molecule has 1 rings (SSSR count). The van der Waals surface area contributed by atoms with E-state index in [2.05, 4.69) is 11.9 Å². The van der Waals surface area contributed by atoms with Gasteiger partial charge in [-0.2, -0.15) is 0 Å². The molecular weight excluding hydrogens is 264 g/mol. The van der Waals surface area contributed by atoms with Gasteiger partial charge in [0, 0.05) is 19.6 Å². The number of hydrogen-bond donors (Lipinski definition) is 1. The molecule has 0 bridgehead atoms. The second-order valence-corrected chi connectivity index (χ2v) is 4.86. The minimum Gasteiger partial charge on any atom is -0.490 e. The lowest BCUT2D eigenvalue weighted by atomic mass is 10.2. The summed E-state index contributed by atoms with van der Waals surface area (Å²) in [4.78, 5) is 14.0. The van der Waals surface area contributed by atoms with Crippen molar-refractivity contribution in [2.45, 2.75) is 33.4 Å². The number of hydrogen-bond acceptors (Lipinski definition) is 3. The summed E-state index contributed by atoms with van der Waals surface area (Å²) in [6.45, 7) is 12.2. The molecule has 116 valence electrons. The smallest absolute Gasteiger partial charge is 0.239 e. The molecule has 1 aromatic rings. The highest BCUT2D eigenvalue weighted by Crippen LogP contribution is 2.12. The van der Waals surface area contributed by atoms with Crippen molar-refractivity contribution < 1.29 is 9.53 Å². The van der Waals surface area contributed by atoms with Crippen molar-refractivity contribution >= 4 is 5.91 Å². The van der Waals surface area contributed by atoms with Crippen LogP contribution in [0.5, 0.6) is 5.75 Å². The molecule has 0 saturated heterocycles. The molecule has 0 heterocycles. The average Bonchev–Trinajstić information content (AvgIpc) is 2.52. The van der Waals surface area contributed by atoms with Gasteiger partial charge >= 0.3 is 0 Å². The van der Waals surface area contributed by atoms with Gasteiger partial charge in [0.1, 0.15) is 12.4 Å². The predicted molar refractivity (Wildman–Crippen MR) is 86.4 cm³/mol. The predicted octanol–water partition coefficient (Wildman–Crippen LogP) is 2.60. The second kappa shape index (κ2) is 9.19. The van der Waals surface area contributed by atoms with E-state index in [1.54, 1.807) is 6.08 Å². The van der Waals surface area contributed by atoms with Gasteiger partial charge in [-0.15, -0.1) is 0 Å². The summed E-state index contributed by atoms with van der Waals surface area (Å²) in [6, 6.07) is 7.68. The van der Waals surface area contributed by atoms with Crippen LogP contribution in [0.15, 0.2) is 36.9 Å². The number of likely N-dealkylation sites (N-methyl/N-ethyl adjacent to an activating group) is 1. The molecule has 0 spiro atoms. The van der Waals surface area contributed by atoms with Crippen molar-refractivity contribution in [2.24, 2.45) is 0 Å². The normalized spacial score (nSPS) is 11.8. The zero-order valence-corrected chi connectivity index (χ0v) is 13.3. The summed E-state index contributed by atoms with van der Waals surface area (Å²) in [5.41, 5.74) is 1.13. The minimum atomic E-state index is -0.179. The second-order valence-electron chi connectivity index (χ2n) is 4.86. The molecule has 1 unspecified atom stereocenters. The Morgan fingerprint density at radius 2 is 1.95 bits per heavy atom. The van der Waals surface area contributed by atoms with Crippen LogP contribution in [0.2, 0.25) is 0 Å². The van der Waals surface area contributed by atoms with Gasteiger partial charge in [-0.25, -0.2) is 0 Å². The van der Waals surface area contributed by atoms with Crippen molar-refractivity contribution in [2.75, 3.05) is 19.7 Å². The lowest BCUT2D eigenvalue weighted by molar-refractivity contribution is -0.132. The number of rotatable bonds is 9. The van der Waals surface area contributed by atoms with E-state index in [9.17, 15) is 4.79 Å². The molecule has 0 saturated carbocycles. The first-order valence-corrected chi connectivity index (χ1v) is 7.47. The van der Waals surface area contributed by atoms with Crippen LogP contribution in [-0.2, 0) is 11.3 Å². The largest absolute Gasteiger partial charge is 0.490 e. The molecule has 1 amide bonds. The number of carbonyl (C=O) groups excluding carboxylic acids is 1. The summed E-state index contributed by atoms with van der Waals surface area (Å²) in [5.74, 6) is 0.969. The molecule has 0 fully saturated rings. The van der Waals surface area contributed by atoms with Gasteiger partial charge in [0.25, 0.3) is 0 Å². The molecule has 21 heavy (non-hydrogen) atoms. The number of ether oxygens (including phenoxy) is 1. The van der Waals surface area contributed by atoms with Crippen molar-refractivity contribution in [3.8, 4) is 5.75 Å². The van der Waals surface area contributed by atoms with E-state index in [1.165, 1.54) is 0 Å². The topological polar surface area (TPSA) is 41.6 Å². The molecule has 4 heteroatoms. The Morgan fingerprint density at radius 1 is 1.33 bits per heavy atom. The Kier molecular flexibility index (Phi) is 7.54. The van der Waals surface area contributed by atoms with Crippen LogP contribution in [0.1, 0.15) is 26.3 Å². The van der Waals surface area contributed by atoms with Crippen LogP contribution in [0.25, 0.3) is 0 Å². The maximum Gasteiger partial charge on any atom is 0.239 e. The summed E-state index contributed by atoms with van der Waals surface area (Å²) < 4.78 is 5.44. The molecule has 1 aromatic carbocycles. The molecule has 1 atom stereocenters. The highest BCUT2D eigenvalue weighted by atomic mass is 16.5. The van der Waals surface area contributed by atoms with E-state index in [1.807, 2.05) is 49.9 Å². The third kappa shape index (κ3) is 5.60. The van der Waals surface area contributed by atoms with E-state index in [4.69, 9.17) is 4.74 Å². The Bertz CT molecular complexity index is 439. The van der Waals surface area contributed by atoms with Gasteiger partial charge in [0.2, 0.25) is 5.91 Å². The Labute approximate surface area is 127 Å². The van der Waals surface area contributed by atoms with E-state index >= 15 is 0 Å². The standard InChI is InChI=1S/C17H26N2O2/c1-5-12-21-16-10-8-15(9-11-16)13-18-14(4)17(20)19(6-2)7-3/h5,8-11,14,18H,1,6-7,12-13H2,2-4H3. The first-order valence-electron chi connectivity index (χ1n) is 7.47. The number of nitrogens with one attached hydrogen (secondary N) is 1. The van der Waals surface area contributed by atoms with Crippen LogP contribution in [0.4, 0.5) is 0 Å². The van der Waals surface area contributed by atoms with E-state index in [-0.39, 0.29) is 11.9 Å². The first-order chi connectivity index (χ1) is 10.1. The Hall–Kier alpha value is -1.81. The summed E-state index contributed by atoms with van der Waals surface area (Å²) >= 11 is 0. The van der Waals surface area contributed by atoms with Gasteiger partial charge < -0.3 is 15.0 Å². The highest BCUT2D eigenvalue weighted by molar-refractivity contribution is 5.81. The number of benzene rings is 1. The number of carbonyl (C=O) groups is 1. The van der Waals surface area contributed by atoms with Crippen LogP contribution in [-0.4, -0.2) is 36.5 Å². The van der Waals surface area contributed by atoms with Gasteiger partial charge in [-0.3, -0.25) is 4.79 Å². The maximum absolute atomic E-state index is 12.1. The van der Waals surface area contributed by atoms with Crippen LogP contribution in [0, 0.1) is 0 Å². The van der Waals surface area contributed by atoms with Gasteiger partial charge in [0.05, 0.1) is 6.04 Å². The van der Waals surface area contributed by atoms with Crippen LogP contribution >= 0.6 is 0 Å². The quantitative estimate of drug-likeness (QED) is 0.711. The third-order valence-electron chi connectivity index (χ3n) is 3.35. The molecule has 1 N–H and O–H groups in total. The van der Waals surface area contributed by atoms with Crippen molar-refractivity contribution in [1.29, 1.82) is 0 Å². The minimum absolute atomic E-state index is 0.144. The number of amides is 1. The first kappa shape index (κ1) is 17.2. The molecule has 4 nitrogen and oxygen atoms in total.